The van der Waals surface area contributed by atoms with Crippen LogP contribution in [0.15, 0.2) is 22.7 Å². The first kappa shape index (κ1) is 15.0. The van der Waals surface area contributed by atoms with Crippen molar-refractivity contribution in [3.8, 4) is 5.75 Å². The van der Waals surface area contributed by atoms with Crippen LogP contribution in [0, 0.1) is 5.41 Å². The van der Waals surface area contributed by atoms with E-state index in [2.05, 4.69) is 21.4 Å². The third kappa shape index (κ3) is 4.66. The van der Waals surface area contributed by atoms with E-state index in [1.807, 2.05) is 20.8 Å². The average Bonchev–Trinajstić information content (AvgIpc) is 2.26. The van der Waals surface area contributed by atoms with Crippen LogP contribution in [-0.4, -0.2) is 19.6 Å². The monoisotopic (exact) mass is 315 g/mol. The summed E-state index contributed by atoms with van der Waals surface area (Å²) in [6.07, 6.45) is 0. The maximum absolute atomic E-state index is 11.9. The highest BCUT2D eigenvalue weighted by molar-refractivity contribution is 9.10. The largest absolute Gasteiger partial charge is 0.496 e. The van der Waals surface area contributed by atoms with E-state index in [1.54, 1.807) is 18.2 Å². The third-order valence-corrected chi connectivity index (χ3v) is 2.57. The van der Waals surface area contributed by atoms with Gasteiger partial charge in [0.2, 0.25) is 0 Å². The summed E-state index contributed by atoms with van der Waals surface area (Å²) in [6.45, 7) is 6.52. The summed E-state index contributed by atoms with van der Waals surface area (Å²) in [6, 6.07) is 5.19. The Balaban J connectivity index is 2.67. The predicted octanol–water partition coefficient (Wildman–Crippen LogP) is 3.17. The van der Waals surface area contributed by atoms with Gasteiger partial charge < -0.3 is 4.74 Å². The van der Waals surface area contributed by atoms with Crippen LogP contribution in [0.3, 0.4) is 0 Å². The molecule has 0 aromatic heterocycles. The van der Waals surface area contributed by atoms with Gasteiger partial charge in [-0.05, 0) is 23.6 Å². The van der Waals surface area contributed by atoms with Crippen LogP contribution >= 0.6 is 15.9 Å². The van der Waals surface area contributed by atoms with Crippen LogP contribution in [0.2, 0.25) is 0 Å². The number of amides is 1. The van der Waals surface area contributed by atoms with E-state index in [0.717, 1.165) is 4.47 Å². The van der Waals surface area contributed by atoms with E-state index >= 15 is 0 Å². The number of rotatable bonds is 4. The number of hydrogen-bond acceptors (Lipinski definition) is 3. The second kappa shape index (κ2) is 6.20. The lowest BCUT2D eigenvalue weighted by molar-refractivity contribution is 0.00150. The summed E-state index contributed by atoms with van der Waals surface area (Å²) in [7, 11) is 1.52. The van der Waals surface area contributed by atoms with Crippen LogP contribution in [0.25, 0.3) is 0 Å². The smallest absolute Gasteiger partial charge is 0.278 e. The molecule has 0 spiro atoms. The number of hydroxylamine groups is 1. The van der Waals surface area contributed by atoms with Gasteiger partial charge in [0.05, 0.1) is 19.3 Å². The van der Waals surface area contributed by atoms with Crippen molar-refractivity contribution in [2.75, 3.05) is 13.7 Å². The molecule has 0 bridgehead atoms. The lowest BCUT2D eigenvalue weighted by atomic mass is 9.99. The zero-order valence-electron chi connectivity index (χ0n) is 11.0. The fourth-order valence-electron chi connectivity index (χ4n) is 1.23. The Hall–Kier alpha value is -1.07. The first-order chi connectivity index (χ1) is 8.33. The summed E-state index contributed by atoms with van der Waals surface area (Å²) < 4.78 is 6.00. The summed E-state index contributed by atoms with van der Waals surface area (Å²) in [5.74, 6) is 0.185. The summed E-state index contributed by atoms with van der Waals surface area (Å²) in [5.41, 5.74) is 2.85. The van der Waals surface area contributed by atoms with Crippen LogP contribution in [0.4, 0.5) is 0 Å². The highest BCUT2D eigenvalue weighted by Crippen LogP contribution is 2.23. The minimum Gasteiger partial charge on any atom is -0.496 e. The van der Waals surface area contributed by atoms with Gasteiger partial charge in [0.15, 0.2) is 0 Å². The lowest BCUT2D eigenvalue weighted by Gasteiger charge is -2.18. The van der Waals surface area contributed by atoms with E-state index in [0.29, 0.717) is 17.9 Å². The van der Waals surface area contributed by atoms with Crippen molar-refractivity contribution in [3.05, 3.63) is 28.2 Å². The first-order valence-electron chi connectivity index (χ1n) is 5.59. The molecule has 1 amide bonds. The fourth-order valence-corrected chi connectivity index (χ4v) is 1.57. The topological polar surface area (TPSA) is 47.6 Å². The van der Waals surface area contributed by atoms with E-state index in [1.165, 1.54) is 7.11 Å². The van der Waals surface area contributed by atoms with Crippen molar-refractivity contribution in [2.45, 2.75) is 20.8 Å². The van der Waals surface area contributed by atoms with E-state index in [-0.39, 0.29) is 11.3 Å². The van der Waals surface area contributed by atoms with E-state index < -0.39 is 0 Å². The van der Waals surface area contributed by atoms with E-state index in [4.69, 9.17) is 9.57 Å². The van der Waals surface area contributed by atoms with Gasteiger partial charge in [0, 0.05) is 4.47 Å². The normalized spacial score (nSPS) is 11.2. The molecule has 1 rings (SSSR count). The van der Waals surface area contributed by atoms with Gasteiger partial charge >= 0.3 is 0 Å². The Morgan fingerprint density at radius 3 is 2.61 bits per heavy atom. The first-order valence-corrected chi connectivity index (χ1v) is 6.38. The Morgan fingerprint density at radius 1 is 1.39 bits per heavy atom. The molecule has 0 heterocycles. The zero-order chi connectivity index (χ0) is 13.8. The molecule has 0 saturated heterocycles. The van der Waals surface area contributed by atoms with Crippen molar-refractivity contribution >= 4 is 21.8 Å². The average molecular weight is 316 g/mol. The zero-order valence-corrected chi connectivity index (χ0v) is 12.6. The molecule has 0 radical (unpaired) electrons. The van der Waals surface area contributed by atoms with Gasteiger partial charge in [0.25, 0.3) is 5.91 Å². The molecule has 0 saturated carbocycles. The van der Waals surface area contributed by atoms with Crippen molar-refractivity contribution in [1.29, 1.82) is 0 Å². The molecule has 0 fully saturated rings. The number of nitrogens with one attached hydrogen (secondary N) is 1. The molecular formula is C13H18BrNO3. The lowest BCUT2D eigenvalue weighted by Crippen LogP contribution is -2.28. The minimum atomic E-state index is -0.316. The molecule has 1 N–H and O–H groups in total. The summed E-state index contributed by atoms with van der Waals surface area (Å²) in [5, 5.41) is 0. The second-order valence-corrected chi connectivity index (χ2v) is 6.04. The number of carbonyl (C=O) groups excluding carboxylic acids is 1. The molecule has 100 valence electrons. The fraction of sp³-hybridized carbons (Fsp3) is 0.462. The molecule has 18 heavy (non-hydrogen) atoms. The van der Waals surface area contributed by atoms with Crippen molar-refractivity contribution in [2.24, 2.45) is 5.41 Å². The Morgan fingerprint density at radius 2 is 2.06 bits per heavy atom. The Kier molecular flexibility index (Phi) is 5.16. The number of benzene rings is 1. The number of ether oxygens (including phenoxy) is 1. The molecule has 0 aliphatic carbocycles. The van der Waals surface area contributed by atoms with Crippen LogP contribution in [0.1, 0.15) is 31.1 Å². The predicted molar refractivity (Wildman–Crippen MR) is 73.6 cm³/mol. The molecule has 1 aromatic carbocycles. The standard InChI is InChI=1S/C13H18BrNO3/c1-13(2,3)8-18-15-12(16)10-6-5-9(14)7-11(10)17-4/h5-7H,8H2,1-4H3,(H,15,16). The van der Waals surface area contributed by atoms with Crippen LogP contribution in [-0.2, 0) is 4.84 Å². The van der Waals surface area contributed by atoms with Gasteiger partial charge in [-0.1, -0.05) is 36.7 Å². The third-order valence-electron chi connectivity index (χ3n) is 2.08. The molecule has 5 heteroatoms. The molecular weight excluding hydrogens is 298 g/mol. The molecule has 0 unspecified atom stereocenters. The van der Waals surface area contributed by atoms with Gasteiger partial charge in [-0.15, -0.1) is 0 Å². The van der Waals surface area contributed by atoms with Gasteiger partial charge in [0.1, 0.15) is 5.75 Å². The molecule has 1 aromatic rings. The van der Waals surface area contributed by atoms with Crippen LogP contribution in [0.5, 0.6) is 5.75 Å². The summed E-state index contributed by atoms with van der Waals surface area (Å²) >= 11 is 3.32. The maximum Gasteiger partial charge on any atom is 0.278 e. The van der Waals surface area contributed by atoms with E-state index in [9.17, 15) is 4.79 Å². The van der Waals surface area contributed by atoms with Crippen LogP contribution < -0.4 is 10.2 Å². The number of halogens is 1. The van der Waals surface area contributed by atoms with Gasteiger partial charge in [-0.2, -0.15) is 0 Å². The molecule has 0 aliphatic rings. The maximum atomic E-state index is 11.9. The number of hydrogen-bond donors (Lipinski definition) is 1. The SMILES string of the molecule is COc1cc(Br)ccc1C(=O)NOCC(C)(C)C. The van der Waals surface area contributed by atoms with Crippen molar-refractivity contribution < 1.29 is 14.4 Å². The Bertz CT molecular complexity index is 427. The van der Waals surface area contributed by atoms with Crippen molar-refractivity contribution in [1.82, 2.24) is 5.48 Å². The second-order valence-electron chi connectivity index (χ2n) is 5.13. The number of methoxy groups -OCH3 is 1. The highest BCUT2D eigenvalue weighted by atomic mass is 79.9. The van der Waals surface area contributed by atoms with Gasteiger partial charge in [-0.3, -0.25) is 9.63 Å². The summed E-state index contributed by atoms with van der Waals surface area (Å²) in [4.78, 5) is 17.1. The highest BCUT2D eigenvalue weighted by Gasteiger charge is 2.15. The van der Waals surface area contributed by atoms with Gasteiger partial charge in [-0.25, -0.2) is 5.48 Å². The Labute approximate surface area is 116 Å². The minimum absolute atomic E-state index is 0.00289. The quantitative estimate of drug-likeness (QED) is 0.868. The molecule has 0 atom stereocenters. The molecule has 0 aliphatic heterocycles. The number of carbonyl (C=O) groups is 1. The molecule has 4 nitrogen and oxygen atoms in total. The van der Waals surface area contributed by atoms with Crippen molar-refractivity contribution in [3.63, 3.8) is 0 Å².